The fourth-order valence-corrected chi connectivity index (χ4v) is 3.12. The quantitative estimate of drug-likeness (QED) is 0.675. The molecule has 3 aromatic rings. The summed E-state index contributed by atoms with van der Waals surface area (Å²) in [5, 5.41) is 4.06. The number of aromatic nitrogens is 1. The highest BCUT2D eigenvalue weighted by Gasteiger charge is 2.16. The molecule has 1 aromatic heterocycles. The zero-order chi connectivity index (χ0) is 17.8. The van der Waals surface area contributed by atoms with Crippen molar-refractivity contribution in [1.82, 2.24) is 4.98 Å². The summed E-state index contributed by atoms with van der Waals surface area (Å²) in [6.45, 7) is 2.03. The molecule has 0 spiro atoms. The van der Waals surface area contributed by atoms with Crippen molar-refractivity contribution in [3.05, 3.63) is 74.9 Å². The van der Waals surface area contributed by atoms with E-state index in [4.69, 9.17) is 16.3 Å². The SMILES string of the molecule is Cc1nc(COc2ccc(Cl)cc2)sc1C(=O)Nc1ccc(F)cc1. The molecule has 2 aromatic carbocycles. The average Bonchev–Trinajstić information content (AvgIpc) is 2.97. The van der Waals surface area contributed by atoms with Crippen molar-refractivity contribution < 1.29 is 13.9 Å². The Morgan fingerprint density at radius 2 is 1.88 bits per heavy atom. The van der Waals surface area contributed by atoms with Gasteiger partial charge >= 0.3 is 0 Å². The van der Waals surface area contributed by atoms with Gasteiger partial charge in [-0.25, -0.2) is 9.37 Å². The number of halogens is 2. The maximum Gasteiger partial charge on any atom is 0.267 e. The lowest BCUT2D eigenvalue weighted by Crippen LogP contribution is -2.11. The molecule has 0 aliphatic heterocycles. The monoisotopic (exact) mass is 376 g/mol. The van der Waals surface area contributed by atoms with Gasteiger partial charge in [0.1, 0.15) is 28.1 Å². The molecule has 0 saturated heterocycles. The smallest absolute Gasteiger partial charge is 0.267 e. The van der Waals surface area contributed by atoms with E-state index in [1.54, 1.807) is 31.2 Å². The van der Waals surface area contributed by atoms with Crippen LogP contribution in [0.25, 0.3) is 0 Å². The summed E-state index contributed by atoms with van der Waals surface area (Å²) < 4.78 is 18.6. The molecule has 0 aliphatic carbocycles. The number of benzene rings is 2. The van der Waals surface area contributed by atoms with Crippen LogP contribution in [0.1, 0.15) is 20.4 Å². The topological polar surface area (TPSA) is 51.2 Å². The van der Waals surface area contributed by atoms with Crippen LogP contribution < -0.4 is 10.1 Å². The lowest BCUT2D eigenvalue weighted by molar-refractivity contribution is 0.103. The van der Waals surface area contributed by atoms with E-state index < -0.39 is 0 Å². The molecule has 7 heteroatoms. The first-order valence-electron chi connectivity index (χ1n) is 7.43. The van der Waals surface area contributed by atoms with E-state index in [0.29, 0.717) is 32.0 Å². The highest BCUT2D eigenvalue weighted by molar-refractivity contribution is 7.13. The van der Waals surface area contributed by atoms with Gasteiger partial charge in [0.25, 0.3) is 5.91 Å². The number of rotatable bonds is 5. The van der Waals surface area contributed by atoms with E-state index in [1.807, 2.05) is 0 Å². The van der Waals surface area contributed by atoms with Gasteiger partial charge in [-0.2, -0.15) is 0 Å². The second-order valence-electron chi connectivity index (χ2n) is 5.23. The van der Waals surface area contributed by atoms with E-state index in [9.17, 15) is 9.18 Å². The van der Waals surface area contributed by atoms with Crippen molar-refractivity contribution >= 4 is 34.5 Å². The summed E-state index contributed by atoms with van der Waals surface area (Å²) in [5.74, 6) is 0.0440. The average molecular weight is 377 g/mol. The Morgan fingerprint density at radius 3 is 2.56 bits per heavy atom. The van der Waals surface area contributed by atoms with Crippen molar-refractivity contribution in [2.75, 3.05) is 5.32 Å². The molecule has 1 amide bonds. The van der Waals surface area contributed by atoms with Crippen LogP contribution in [0.3, 0.4) is 0 Å². The summed E-state index contributed by atoms with van der Waals surface area (Å²) in [7, 11) is 0. The largest absolute Gasteiger partial charge is 0.486 e. The Kier molecular flexibility index (Phi) is 5.31. The second-order valence-corrected chi connectivity index (χ2v) is 6.75. The zero-order valence-corrected chi connectivity index (χ0v) is 14.8. The van der Waals surface area contributed by atoms with Crippen LogP contribution in [0.5, 0.6) is 5.75 Å². The molecule has 0 atom stereocenters. The number of ether oxygens (including phenoxy) is 1. The first-order valence-corrected chi connectivity index (χ1v) is 8.62. The Balaban J connectivity index is 1.65. The minimum Gasteiger partial charge on any atom is -0.486 e. The predicted octanol–water partition coefficient (Wildman–Crippen LogP) is 5.08. The number of nitrogens with zero attached hydrogens (tertiary/aromatic N) is 1. The Hall–Kier alpha value is -2.44. The maximum atomic E-state index is 12.9. The van der Waals surface area contributed by atoms with Gasteiger partial charge < -0.3 is 10.1 Å². The van der Waals surface area contributed by atoms with E-state index in [-0.39, 0.29) is 18.3 Å². The third-order valence-corrected chi connectivity index (χ3v) is 4.71. The number of anilines is 1. The van der Waals surface area contributed by atoms with Crippen molar-refractivity contribution in [3.8, 4) is 5.75 Å². The van der Waals surface area contributed by atoms with E-state index in [0.717, 1.165) is 0 Å². The number of nitrogens with one attached hydrogen (secondary N) is 1. The van der Waals surface area contributed by atoms with Gasteiger partial charge in [-0.3, -0.25) is 4.79 Å². The normalized spacial score (nSPS) is 10.5. The van der Waals surface area contributed by atoms with Crippen LogP contribution in [0.4, 0.5) is 10.1 Å². The van der Waals surface area contributed by atoms with Gasteiger partial charge in [-0.05, 0) is 55.5 Å². The van der Waals surface area contributed by atoms with Gasteiger partial charge in [-0.15, -0.1) is 11.3 Å². The third kappa shape index (κ3) is 4.55. The molecule has 0 saturated carbocycles. The molecule has 3 rings (SSSR count). The van der Waals surface area contributed by atoms with Crippen LogP contribution in [-0.4, -0.2) is 10.9 Å². The van der Waals surface area contributed by atoms with Crippen molar-refractivity contribution in [1.29, 1.82) is 0 Å². The number of carbonyl (C=O) groups is 1. The summed E-state index contributed by atoms with van der Waals surface area (Å²) >= 11 is 7.10. The van der Waals surface area contributed by atoms with Crippen LogP contribution in [0.15, 0.2) is 48.5 Å². The number of carbonyl (C=O) groups excluding carboxylic acids is 1. The number of thiazole rings is 1. The van der Waals surface area contributed by atoms with Gasteiger partial charge in [0.15, 0.2) is 0 Å². The molecule has 0 aliphatic rings. The predicted molar refractivity (Wildman–Crippen MR) is 97.0 cm³/mol. The van der Waals surface area contributed by atoms with Crippen LogP contribution in [-0.2, 0) is 6.61 Å². The molecular formula is C18H14ClFN2O2S. The van der Waals surface area contributed by atoms with Crippen LogP contribution in [0.2, 0.25) is 5.02 Å². The minimum absolute atomic E-state index is 0.261. The van der Waals surface area contributed by atoms with Crippen LogP contribution in [0, 0.1) is 12.7 Å². The third-order valence-electron chi connectivity index (χ3n) is 3.33. The molecule has 4 nitrogen and oxygen atoms in total. The number of hydrogen-bond acceptors (Lipinski definition) is 4. The van der Waals surface area contributed by atoms with Crippen LogP contribution >= 0.6 is 22.9 Å². The lowest BCUT2D eigenvalue weighted by atomic mass is 10.3. The number of amides is 1. The molecule has 0 unspecified atom stereocenters. The fourth-order valence-electron chi connectivity index (χ4n) is 2.12. The van der Waals surface area contributed by atoms with E-state index >= 15 is 0 Å². The molecular weight excluding hydrogens is 363 g/mol. The molecule has 1 heterocycles. The van der Waals surface area contributed by atoms with Crippen molar-refractivity contribution in [2.24, 2.45) is 0 Å². The van der Waals surface area contributed by atoms with Gasteiger partial charge in [0.05, 0.1) is 5.69 Å². The highest BCUT2D eigenvalue weighted by Crippen LogP contribution is 2.22. The van der Waals surface area contributed by atoms with Crippen molar-refractivity contribution in [3.63, 3.8) is 0 Å². The summed E-state index contributed by atoms with van der Waals surface area (Å²) in [4.78, 5) is 17.2. The Labute approximate surface area is 153 Å². The second kappa shape index (κ2) is 7.63. The zero-order valence-electron chi connectivity index (χ0n) is 13.3. The first-order chi connectivity index (χ1) is 12.0. The molecule has 0 fully saturated rings. The van der Waals surface area contributed by atoms with Crippen molar-refractivity contribution in [2.45, 2.75) is 13.5 Å². The highest BCUT2D eigenvalue weighted by atomic mass is 35.5. The minimum atomic E-state index is -0.353. The Morgan fingerprint density at radius 1 is 1.20 bits per heavy atom. The fraction of sp³-hybridized carbons (Fsp3) is 0.111. The lowest BCUT2D eigenvalue weighted by Gasteiger charge is -2.04. The standard InChI is InChI=1S/C18H14ClFN2O2S/c1-11-17(18(23)22-14-6-4-13(20)5-7-14)25-16(21-11)10-24-15-8-2-12(19)3-9-15/h2-9H,10H2,1H3,(H,22,23). The van der Waals surface area contributed by atoms with Gasteiger partial charge in [0, 0.05) is 10.7 Å². The summed E-state index contributed by atoms with van der Waals surface area (Å²) in [6.07, 6.45) is 0. The van der Waals surface area contributed by atoms with Gasteiger partial charge in [0.2, 0.25) is 0 Å². The first kappa shape index (κ1) is 17.4. The molecule has 25 heavy (non-hydrogen) atoms. The number of hydrogen-bond donors (Lipinski definition) is 1. The molecule has 128 valence electrons. The summed E-state index contributed by atoms with van der Waals surface area (Å²) in [5.41, 5.74) is 1.15. The van der Waals surface area contributed by atoms with E-state index in [1.165, 1.54) is 35.6 Å². The van der Waals surface area contributed by atoms with Gasteiger partial charge in [-0.1, -0.05) is 11.6 Å². The maximum absolute atomic E-state index is 12.9. The molecule has 0 bridgehead atoms. The Bertz CT molecular complexity index is 879. The molecule has 0 radical (unpaired) electrons. The molecule has 1 N–H and O–H groups in total. The number of aryl methyl sites for hydroxylation is 1. The van der Waals surface area contributed by atoms with E-state index in [2.05, 4.69) is 10.3 Å². The summed E-state index contributed by atoms with van der Waals surface area (Å²) in [6, 6.07) is 12.6.